The van der Waals surface area contributed by atoms with Gasteiger partial charge in [-0.2, -0.15) is 0 Å². The molecular weight excluding hydrogens is 1350 g/mol. The van der Waals surface area contributed by atoms with E-state index in [9.17, 15) is 122 Å². The lowest BCUT2D eigenvalue weighted by molar-refractivity contribution is -0.409. The summed E-state index contributed by atoms with van der Waals surface area (Å²) in [5.74, 6) is -1.24. The number of esters is 1. The van der Waals surface area contributed by atoms with Crippen LogP contribution in [-0.4, -0.2) is 390 Å². The molecule has 0 amide bonds. The van der Waals surface area contributed by atoms with Gasteiger partial charge in [-0.05, 0) is 86.9 Å². The van der Waals surface area contributed by atoms with Gasteiger partial charge in [0.15, 0.2) is 37.7 Å². The Morgan fingerprint density at radius 2 is 0.700 bits per heavy atom. The van der Waals surface area contributed by atoms with Gasteiger partial charge in [-0.1, -0.05) is 20.3 Å². The van der Waals surface area contributed by atoms with Crippen LogP contribution < -0.4 is 0 Å². The molecule has 0 aromatic heterocycles. The van der Waals surface area contributed by atoms with Crippen LogP contribution in [0, 0.1) is 34.0 Å². The van der Waals surface area contributed by atoms with Crippen LogP contribution in [0.2, 0.25) is 0 Å². The van der Waals surface area contributed by atoms with E-state index in [0.29, 0.717) is 51.4 Å². The average molecular weight is 1460 g/mol. The number of aliphatic hydroxyl groups is 23. The van der Waals surface area contributed by atoms with E-state index in [-0.39, 0.29) is 17.8 Å². The summed E-state index contributed by atoms with van der Waals surface area (Å²) in [6, 6.07) is 0. The van der Waals surface area contributed by atoms with Crippen molar-refractivity contribution in [3.8, 4) is 0 Å². The third kappa shape index (κ3) is 14.1. The summed E-state index contributed by atoms with van der Waals surface area (Å²) in [7, 11) is 0. The predicted molar refractivity (Wildman–Crippen MR) is 317 cm³/mol. The molecule has 100 heavy (non-hydrogen) atoms. The van der Waals surface area contributed by atoms with E-state index in [2.05, 4.69) is 6.92 Å². The van der Waals surface area contributed by atoms with Crippen molar-refractivity contribution in [2.24, 2.45) is 34.0 Å². The summed E-state index contributed by atoms with van der Waals surface area (Å²) in [6.45, 7) is -0.571. The van der Waals surface area contributed by atoms with Crippen molar-refractivity contribution < 1.29 is 189 Å². The molecular formula is C62H102O38. The van der Waals surface area contributed by atoms with Gasteiger partial charge in [-0.3, -0.25) is 4.79 Å². The summed E-state index contributed by atoms with van der Waals surface area (Å²) in [5, 5.41) is 250. The molecule has 23 N–H and O–H groups in total. The number of aliphatic hydroxyl groups excluding tert-OH is 23. The third-order valence-electron chi connectivity index (χ3n) is 23.9. The molecule has 0 aromatic carbocycles. The lowest BCUT2D eigenvalue weighted by Gasteiger charge is -2.64. The predicted octanol–water partition coefficient (Wildman–Crippen LogP) is -11.6. The Balaban J connectivity index is 0.791. The minimum absolute atomic E-state index is 0.0222. The van der Waals surface area contributed by atoms with E-state index in [0.717, 1.165) is 6.42 Å². The highest BCUT2D eigenvalue weighted by Crippen LogP contribution is 2.74. The number of rotatable bonds is 21. The first-order valence-corrected chi connectivity index (χ1v) is 34.2. The maximum atomic E-state index is 14.5. The third-order valence-corrected chi connectivity index (χ3v) is 23.9. The van der Waals surface area contributed by atoms with E-state index in [1.165, 1.54) is 0 Å². The van der Waals surface area contributed by atoms with Crippen molar-refractivity contribution in [1.29, 1.82) is 0 Å². The van der Waals surface area contributed by atoms with Crippen LogP contribution in [-0.2, 0) is 71.1 Å². The van der Waals surface area contributed by atoms with Crippen molar-refractivity contribution >= 4 is 5.97 Å². The molecule has 4 aliphatic carbocycles. The first-order valence-electron chi connectivity index (χ1n) is 34.2. The van der Waals surface area contributed by atoms with Gasteiger partial charge >= 0.3 is 5.97 Å². The molecule has 38 nitrogen and oxygen atoms in total. The quantitative estimate of drug-likeness (QED) is 0.0375. The minimum Gasteiger partial charge on any atom is -0.432 e. The van der Waals surface area contributed by atoms with Crippen molar-refractivity contribution in [3.05, 3.63) is 0 Å². The van der Waals surface area contributed by atoms with Gasteiger partial charge < -0.3 is 184 Å². The number of hydrogen-bond acceptors (Lipinski definition) is 38. The summed E-state index contributed by atoms with van der Waals surface area (Å²) in [6.07, 6.45) is -61.4. The van der Waals surface area contributed by atoms with E-state index in [1.54, 1.807) is 0 Å². The van der Waals surface area contributed by atoms with Crippen LogP contribution in [0.15, 0.2) is 0 Å². The van der Waals surface area contributed by atoms with E-state index >= 15 is 0 Å². The monoisotopic (exact) mass is 1450 g/mol. The molecule has 11 fully saturated rings. The van der Waals surface area contributed by atoms with Crippen molar-refractivity contribution in [1.82, 2.24) is 0 Å². The molecule has 1 spiro atoms. The SMILES string of the molecule is CC1CC23CCC4C(C)(C(=O)OC5OC(CO)C(O)C(O)C5O)CCCC4(C)C2CCC1(OC1OC(CO)C(O)C(OC2OC(CO)C(OC4OC(CO)C(OC5OC(CO)C(OC6OC(CO)C(O)C(O)C6O)C(O)C5O)C(O)C4O)C(O)C2O)C1OC1OC(CO)C(O)C(O)C1O)C3. The van der Waals surface area contributed by atoms with E-state index in [1.807, 2.05) is 13.8 Å². The maximum absolute atomic E-state index is 14.5. The summed E-state index contributed by atoms with van der Waals surface area (Å²) >= 11 is 0. The topological polar surface area (TPSA) is 612 Å². The Bertz CT molecular complexity index is 2670. The van der Waals surface area contributed by atoms with Crippen LogP contribution >= 0.6 is 0 Å². The second kappa shape index (κ2) is 31.3. The molecule has 11 rings (SSSR count). The molecule has 11 aliphatic rings. The fourth-order valence-corrected chi connectivity index (χ4v) is 18.4. The Morgan fingerprint density at radius 1 is 0.360 bits per heavy atom. The van der Waals surface area contributed by atoms with Gasteiger partial charge in [0.05, 0.1) is 57.3 Å². The van der Waals surface area contributed by atoms with Crippen LogP contribution in [0.25, 0.3) is 0 Å². The van der Waals surface area contributed by atoms with Gasteiger partial charge in [0.25, 0.3) is 0 Å². The Morgan fingerprint density at radius 3 is 1.12 bits per heavy atom. The zero-order valence-corrected chi connectivity index (χ0v) is 55.2. The summed E-state index contributed by atoms with van der Waals surface area (Å²) in [4.78, 5) is 14.5. The molecule has 42 atom stereocenters. The molecule has 0 aromatic rings. The van der Waals surface area contributed by atoms with Crippen LogP contribution in [0.5, 0.6) is 0 Å². The second-order valence-corrected chi connectivity index (χ2v) is 29.6. The molecule has 7 aliphatic heterocycles. The molecule has 42 unspecified atom stereocenters. The van der Waals surface area contributed by atoms with E-state index in [4.69, 9.17) is 66.3 Å². The highest BCUT2D eigenvalue weighted by molar-refractivity contribution is 5.77. The molecule has 578 valence electrons. The maximum Gasteiger partial charge on any atom is 0.314 e. The molecule has 2 bridgehead atoms. The zero-order valence-electron chi connectivity index (χ0n) is 55.2. The fourth-order valence-electron chi connectivity index (χ4n) is 18.4. The largest absolute Gasteiger partial charge is 0.432 e. The Hall–Kier alpha value is -1.97. The minimum atomic E-state index is -2.28. The van der Waals surface area contributed by atoms with Crippen LogP contribution in [0.4, 0.5) is 0 Å². The van der Waals surface area contributed by atoms with Gasteiger partial charge in [0.2, 0.25) is 6.29 Å². The fraction of sp³-hybridized carbons (Fsp3) is 0.984. The van der Waals surface area contributed by atoms with Crippen LogP contribution in [0.3, 0.4) is 0 Å². The highest BCUT2D eigenvalue weighted by Gasteiger charge is 2.71. The zero-order chi connectivity index (χ0) is 72.7. The van der Waals surface area contributed by atoms with Gasteiger partial charge in [-0.25, -0.2) is 0 Å². The Kier molecular flexibility index (Phi) is 24.8. The van der Waals surface area contributed by atoms with Crippen molar-refractivity contribution in [2.45, 2.75) is 299 Å². The Labute approximate surface area is 572 Å². The van der Waals surface area contributed by atoms with E-state index < -0.39 is 289 Å². The molecule has 38 heteroatoms. The number of ether oxygens (including phenoxy) is 14. The first kappa shape index (κ1) is 79.1. The number of hydrogen-bond donors (Lipinski definition) is 23. The van der Waals surface area contributed by atoms with Gasteiger partial charge in [0.1, 0.15) is 171 Å². The number of carbonyl (C=O) groups excluding carboxylic acids is 1. The molecule has 4 saturated carbocycles. The van der Waals surface area contributed by atoms with Crippen molar-refractivity contribution in [3.63, 3.8) is 0 Å². The van der Waals surface area contributed by atoms with Crippen LogP contribution in [0.1, 0.15) is 78.6 Å². The first-order chi connectivity index (χ1) is 47.3. The molecule has 7 saturated heterocycles. The average Bonchev–Trinajstić information content (AvgIpc) is 1.48. The summed E-state index contributed by atoms with van der Waals surface area (Å²) in [5.41, 5.74) is -3.14. The smallest absolute Gasteiger partial charge is 0.314 e. The highest BCUT2D eigenvalue weighted by atomic mass is 16.8. The normalized spacial score (nSPS) is 55.2. The molecule has 7 heterocycles. The van der Waals surface area contributed by atoms with Gasteiger partial charge in [-0.15, -0.1) is 0 Å². The second-order valence-electron chi connectivity index (χ2n) is 29.6. The van der Waals surface area contributed by atoms with Crippen molar-refractivity contribution in [2.75, 3.05) is 46.2 Å². The van der Waals surface area contributed by atoms with Gasteiger partial charge in [0, 0.05) is 0 Å². The lowest BCUT2D eigenvalue weighted by atomic mass is 9.41. The number of fused-ring (bicyclic) bond motifs is 3. The summed E-state index contributed by atoms with van der Waals surface area (Å²) < 4.78 is 83.5. The number of carbonyl (C=O) groups is 1. The lowest BCUT2D eigenvalue weighted by Crippen LogP contribution is -2.69. The molecule has 0 radical (unpaired) electrons. The standard InChI is InChI=1S/C62H102O38/c1-20-11-61-9-5-28-59(2,7-4-8-60(28,3)58(86)99-56-42(82)36(76)32(72)23(14-65)89-56)29(61)6-10-62(20,19-61)100-57-50(98-52-41(81)35(75)31(71)22(13-64)88-52)49(33(73)24(15-66)90-57)97-55-45(85)39(79)48(27(18-69)93-55)96-54-44(84)38(78)47(26(17-68)92-54)95-53-43(83)37(77)46(25(16-67)91-53)94-51-40(80)34(74)30(70)21(12-63)87-51/h20-57,63-85H,4-19H2,1-3H3.